The van der Waals surface area contributed by atoms with E-state index in [1.54, 1.807) is 0 Å². The summed E-state index contributed by atoms with van der Waals surface area (Å²) in [5.41, 5.74) is 0.519. The zero-order valence-corrected chi connectivity index (χ0v) is 22.8. The monoisotopic (exact) mass is 485 g/mol. The number of rotatable bonds is 8. The average Bonchev–Trinajstić information content (AvgIpc) is 2.84. The molecule has 0 amide bonds. The van der Waals surface area contributed by atoms with Crippen molar-refractivity contribution < 1.29 is 21.5 Å². The summed E-state index contributed by atoms with van der Waals surface area (Å²) in [7, 11) is 0. The summed E-state index contributed by atoms with van der Waals surface area (Å²) < 4.78 is 1.49. The zero-order valence-electron chi connectivity index (χ0n) is 21.2. The standard InChI is InChI=1S/C28H56N.BrH/c1-4-5-6-7-12-17-22-27(2)28(3)23-18-13-8-9-14-19-24-29(28)25-20-15-10-11-16-21-26-29;/h27H,4-26H2,1-3H3;1H/q+1;/p-1. The van der Waals surface area contributed by atoms with Crippen molar-refractivity contribution in [3.63, 3.8) is 0 Å². The first kappa shape index (κ1) is 28.5. The van der Waals surface area contributed by atoms with Gasteiger partial charge in [0.2, 0.25) is 0 Å². The summed E-state index contributed by atoms with van der Waals surface area (Å²) in [6.45, 7) is 12.2. The Morgan fingerprint density at radius 2 is 1.07 bits per heavy atom. The van der Waals surface area contributed by atoms with E-state index in [1.807, 2.05) is 0 Å². The highest BCUT2D eigenvalue weighted by Gasteiger charge is 2.49. The van der Waals surface area contributed by atoms with Crippen LogP contribution >= 0.6 is 0 Å². The van der Waals surface area contributed by atoms with Gasteiger partial charge in [-0.05, 0) is 58.3 Å². The zero-order chi connectivity index (χ0) is 20.8. The van der Waals surface area contributed by atoms with Gasteiger partial charge in [-0.25, -0.2) is 0 Å². The molecule has 2 aliphatic rings. The van der Waals surface area contributed by atoms with E-state index < -0.39 is 0 Å². The molecule has 0 radical (unpaired) electrons. The minimum Gasteiger partial charge on any atom is -1.00 e. The van der Waals surface area contributed by atoms with Crippen LogP contribution in [0.5, 0.6) is 0 Å². The van der Waals surface area contributed by atoms with Gasteiger partial charge in [0, 0.05) is 12.3 Å². The van der Waals surface area contributed by atoms with Gasteiger partial charge in [0.15, 0.2) is 0 Å². The summed E-state index contributed by atoms with van der Waals surface area (Å²) in [5, 5.41) is 0. The smallest absolute Gasteiger partial charge is 0.0989 e. The summed E-state index contributed by atoms with van der Waals surface area (Å²) in [5.74, 6) is 0.883. The minimum atomic E-state index is 0. The van der Waals surface area contributed by atoms with E-state index in [0.717, 1.165) is 5.92 Å². The second-order valence-corrected chi connectivity index (χ2v) is 11.1. The number of hydrogen-bond donors (Lipinski definition) is 0. The highest BCUT2D eigenvalue weighted by Crippen LogP contribution is 2.42. The topological polar surface area (TPSA) is 0 Å². The molecule has 0 aromatic heterocycles. The lowest BCUT2D eigenvalue weighted by Gasteiger charge is -2.56. The molecule has 180 valence electrons. The van der Waals surface area contributed by atoms with Crippen molar-refractivity contribution in [1.82, 2.24) is 0 Å². The van der Waals surface area contributed by atoms with Crippen molar-refractivity contribution >= 4 is 0 Å². The van der Waals surface area contributed by atoms with E-state index in [9.17, 15) is 0 Å². The fourth-order valence-corrected chi connectivity index (χ4v) is 6.74. The Morgan fingerprint density at radius 1 is 0.633 bits per heavy atom. The Bertz CT molecular complexity index is 399. The van der Waals surface area contributed by atoms with Gasteiger partial charge in [-0.2, -0.15) is 0 Å². The molecule has 2 unspecified atom stereocenters. The molecule has 0 aromatic rings. The van der Waals surface area contributed by atoms with Crippen molar-refractivity contribution in [1.29, 1.82) is 0 Å². The Morgan fingerprint density at radius 3 is 1.60 bits per heavy atom. The molecule has 2 atom stereocenters. The Labute approximate surface area is 201 Å². The largest absolute Gasteiger partial charge is 1.00 e. The molecule has 2 heteroatoms. The number of unbranched alkanes of at least 4 members (excludes halogenated alkanes) is 5. The first-order valence-electron chi connectivity index (χ1n) is 14.0. The van der Waals surface area contributed by atoms with Gasteiger partial charge in [0.05, 0.1) is 25.2 Å². The molecular formula is C28H56BrN. The van der Waals surface area contributed by atoms with Gasteiger partial charge in [0.1, 0.15) is 0 Å². The van der Waals surface area contributed by atoms with E-state index in [2.05, 4.69) is 20.8 Å². The predicted molar refractivity (Wildman–Crippen MR) is 130 cm³/mol. The normalized spacial score (nSPS) is 27.3. The van der Waals surface area contributed by atoms with E-state index in [0.29, 0.717) is 5.54 Å². The summed E-state index contributed by atoms with van der Waals surface area (Å²) in [6.07, 6.45) is 29.5. The molecule has 0 aromatic carbocycles. The van der Waals surface area contributed by atoms with Gasteiger partial charge in [-0.3, -0.25) is 0 Å². The van der Waals surface area contributed by atoms with Crippen LogP contribution in [0.25, 0.3) is 0 Å². The van der Waals surface area contributed by atoms with Crippen LogP contribution in [-0.4, -0.2) is 29.7 Å². The van der Waals surface area contributed by atoms with Gasteiger partial charge in [-0.15, -0.1) is 0 Å². The first-order valence-corrected chi connectivity index (χ1v) is 14.0. The van der Waals surface area contributed by atoms with Crippen LogP contribution in [0.2, 0.25) is 0 Å². The van der Waals surface area contributed by atoms with Gasteiger partial charge in [0.25, 0.3) is 0 Å². The molecule has 2 aliphatic heterocycles. The second kappa shape index (κ2) is 16.1. The Balaban J connectivity index is 0.00000450. The molecule has 0 aliphatic carbocycles. The van der Waals surface area contributed by atoms with Crippen LogP contribution < -0.4 is 17.0 Å². The van der Waals surface area contributed by atoms with Crippen LogP contribution in [0, 0.1) is 5.92 Å². The molecule has 2 saturated heterocycles. The summed E-state index contributed by atoms with van der Waals surface area (Å²) in [6, 6.07) is 0. The molecule has 2 heterocycles. The molecule has 2 rings (SSSR count). The van der Waals surface area contributed by atoms with E-state index >= 15 is 0 Å². The van der Waals surface area contributed by atoms with Crippen LogP contribution in [0.1, 0.15) is 149 Å². The SMILES string of the molecule is CCCCCCCCC(C)C1(C)CCCCCCCC[N+]12CCCCCCCC2.[Br-]. The van der Waals surface area contributed by atoms with E-state index in [4.69, 9.17) is 0 Å². The van der Waals surface area contributed by atoms with Crippen LogP contribution in [0.3, 0.4) is 0 Å². The molecule has 2 fully saturated rings. The highest BCUT2D eigenvalue weighted by molar-refractivity contribution is 4.85. The molecular weight excluding hydrogens is 430 g/mol. The number of halogens is 1. The maximum Gasteiger partial charge on any atom is 0.0989 e. The minimum absolute atomic E-state index is 0. The summed E-state index contributed by atoms with van der Waals surface area (Å²) >= 11 is 0. The third kappa shape index (κ3) is 8.76. The van der Waals surface area contributed by atoms with Crippen LogP contribution in [0.4, 0.5) is 0 Å². The third-order valence-corrected chi connectivity index (χ3v) is 9.08. The van der Waals surface area contributed by atoms with Crippen LogP contribution in [0.15, 0.2) is 0 Å². The lowest BCUT2D eigenvalue weighted by molar-refractivity contribution is -0.979. The van der Waals surface area contributed by atoms with Crippen LogP contribution in [-0.2, 0) is 0 Å². The van der Waals surface area contributed by atoms with Crippen molar-refractivity contribution in [2.24, 2.45) is 5.92 Å². The van der Waals surface area contributed by atoms with Gasteiger partial charge < -0.3 is 21.5 Å². The van der Waals surface area contributed by atoms with Crippen molar-refractivity contribution in [3.05, 3.63) is 0 Å². The second-order valence-electron chi connectivity index (χ2n) is 11.1. The molecule has 1 spiro atoms. The number of nitrogens with zero attached hydrogens (tertiary/aromatic N) is 1. The Kier molecular flexibility index (Phi) is 15.3. The molecule has 30 heavy (non-hydrogen) atoms. The lowest BCUT2D eigenvalue weighted by atomic mass is 9.75. The van der Waals surface area contributed by atoms with Crippen molar-refractivity contribution in [3.8, 4) is 0 Å². The number of hydrogen-bond acceptors (Lipinski definition) is 0. The van der Waals surface area contributed by atoms with E-state index in [1.165, 1.54) is 153 Å². The van der Waals surface area contributed by atoms with E-state index in [-0.39, 0.29) is 17.0 Å². The fourth-order valence-electron chi connectivity index (χ4n) is 6.74. The molecule has 0 N–H and O–H groups in total. The maximum atomic E-state index is 2.76. The Hall–Kier alpha value is 0.440. The van der Waals surface area contributed by atoms with Crippen molar-refractivity contribution in [2.45, 2.75) is 155 Å². The first-order chi connectivity index (χ1) is 14.1. The third-order valence-electron chi connectivity index (χ3n) is 9.08. The quantitative estimate of drug-likeness (QED) is 0.289. The lowest BCUT2D eigenvalue weighted by Crippen LogP contribution is -3.00. The van der Waals surface area contributed by atoms with Gasteiger partial charge >= 0.3 is 0 Å². The molecule has 1 nitrogen and oxygen atoms in total. The average molecular weight is 487 g/mol. The predicted octanol–water partition coefficient (Wildman–Crippen LogP) is 6.05. The van der Waals surface area contributed by atoms with Crippen molar-refractivity contribution in [2.75, 3.05) is 19.6 Å². The maximum absolute atomic E-state index is 2.76. The molecule has 0 bridgehead atoms. The number of quaternary nitrogens is 1. The van der Waals surface area contributed by atoms with Gasteiger partial charge in [-0.1, -0.05) is 84.5 Å². The summed E-state index contributed by atoms with van der Waals surface area (Å²) in [4.78, 5) is 0. The highest BCUT2D eigenvalue weighted by atomic mass is 79.9. The molecule has 0 saturated carbocycles. The fraction of sp³-hybridized carbons (Fsp3) is 1.00.